The smallest absolute Gasteiger partial charge is 0.326 e. The maximum Gasteiger partial charge on any atom is 0.326 e. The Hall–Kier alpha value is -1.85. The predicted octanol–water partition coefficient (Wildman–Crippen LogP) is 2.05. The molecule has 0 spiro atoms. The van der Waals surface area contributed by atoms with Crippen LogP contribution in [0.4, 0.5) is 0 Å². The van der Waals surface area contributed by atoms with Crippen molar-refractivity contribution in [2.45, 2.75) is 52.0 Å². The zero-order valence-corrected chi connectivity index (χ0v) is 11.8. The van der Waals surface area contributed by atoms with Crippen molar-refractivity contribution in [3.8, 4) is 0 Å². The largest absolute Gasteiger partial charge is 0.480 e. The average molecular weight is 280 g/mol. The first-order valence-corrected chi connectivity index (χ1v) is 6.97. The van der Waals surface area contributed by atoms with E-state index in [4.69, 9.17) is 4.52 Å². The first-order valence-electron chi connectivity index (χ1n) is 6.97. The van der Waals surface area contributed by atoms with Crippen LogP contribution in [-0.4, -0.2) is 28.2 Å². The molecule has 0 aliphatic heterocycles. The molecular weight excluding hydrogens is 260 g/mol. The maximum atomic E-state index is 12.2. The number of carbonyl (C=O) groups excluding carboxylic acids is 1. The van der Waals surface area contributed by atoms with Crippen molar-refractivity contribution in [3.63, 3.8) is 0 Å². The highest BCUT2D eigenvalue weighted by Crippen LogP contribution is 2.27. The summed E-state index contributed by atoms with van der Waals surface area (Å²) in [5.74, 6) is -0.977. The molecule has 1 saturated carbocycles. The number of aryl methyl sites for hydroxylation is 2. The van der Waals surface area contributed by atoms with Gasteiger partial charge in [-0.15, -0.1) is 0 Å². The first-order chi connectivity index (χ1) is 9.50. The number of aliphatic carboxylic acids is 1. The molecule has 1 aromatic rings. The summed E-state index contributed by atoms with van der Waals surface area (Å²) >= 11 is 0. The number of rotatable bonds is 4. The van der Waals surface area contributed by atoms with Crippen LogP contribution in [0.2, 0.25) is 0 Å². The van der Waals surface area contributed by atoms with Gasteiger partial charge in [-0.25, -0.2) is 4.79 Å². The average Bonchev–Trinajstić information content (AvgIpc) is 2.76. The summed E-state index contributed by atoms with van der Waals surface area (Å²) in [6.45, 7) is 3.31. The Morgan fingerprint density at radius 2 is 1.95 bits per heavy atom. The molecule has 2 rings (SSSR count). The molecule has 20 heavy (non-hydrogen) atoms. The van der Waals surface area contributed by atoms with Crippen LogP contribution in [-0.2, 0) is 4.79 Å². The van der Waals surface area contributed by atoms with Crippen molar-refractivity contribution in [1.29, 1.82) is 0 Å². The Bertz CT molecular complexity index is 484. The zero-order valence-electron chi connectivity index (χ0n) is 11.8. The molecule has 0 bridgehead atoms. The number of carbonyl (C=O) groups is 2. The van der Waals surface area contributed by atoms with Crippen molar-refractivity contribution in [3.05, 3.63) is 17.0 Å². The minimum Gasteiger partial charge on any atom is -0.480 e. The third-order valence-corrected chi connectivity index (χ3v) is 3.93. The molecule has 1 fully saturated rings. The van der Waals surface area contributed by atoms with Crippen LogP contribution in [0, 0.1) is 19.8 Å². The highest BCUT2D eigenvalue weighted by Gasteiger charge is 2.32. The van der Waals surface area contributed by atoms with Crippen molar-refractivity contribution < 1.29 is 19.2 Å². The number of carboxylic acids is 1. The molecule has 6 heteroatoms. The van der Waals surface area contributed by atoms with Crippen LogP contribution in [0.25, 0.3) is 0 Å². The summed E-state index contributed by atoms with van der Waals surface area (Å²) in [6, 6.07) is -0.837. The van der Waals surface area contributed by atoms with Crippen LogP contribution in [0.1, 0.15) is 53.9 Å². The van der Waals surface area contributed by atoms with Gasteiger partial charge in [-0.2, -0.15) is 0 Å². The van der Waals surface area contributed by atoms with E-state index in [1.54, 1.807) is 13.8 Å². The summed E-state index contributed by atoms with van der Waals surface area (Å²) in [5.41, 5.74) is 0.819. The maximum absolute atomic E-state index is 12.2. The number of hydrogen-bond donors (Lipinski definition) is 2. The Kier molecular flexibility index (Phi) is 4.42. The molecule has 1 aliphatic carbocycles. The summed E-state index contributed by atoms with van der Waals surface area (Å²) in [5, 5.41) is 15.7. The number of amides is 1. The summed E-state index contributed by atoms with van der Waals surface area (Å²) in [4.78, 5) is 23.7. The van der Waals surface area contributed by atoms with Gasteiger partial charge in [0, 0.05) is 0 Å². The predicted molar refractivity (Wildman–Crippen MR) is 71.4 cm³/mol. The van der Waals surface area contributed by atoms with E-state index in [1.807, 2.05) is 0 Å². The van der Waals surface area contributed by atoms with E-state index in [9.17, 15) is 14.7 Å². The molecule has 0 saturated heterocycles. The zero-order chi connectivity index (χ0) is 14.7. The number of hydrogen-bond acceptors (Lipinski definition) is 4. The van der Waals surface area contributed by atoms with Gasteiger partial charge in [0.2, 0.25) is 0 Å². The molecule has 1 heterocycles. The van der Waals surface area contributed by atoms with Crippen LogP contribution < -0.4 is 5.32 Å². The molecule has 110 valence electrons. The molecule has 1 amide bonds. The summed E-state index contributed by atoms with van der Waals surface area (Å²) in [6.07, 6.45) is 4.88. The normalized spacial score (nSPS) is 17.7. The SMILES string of the molecule is Cc1noc(C)c1C(=O)NC(C(=O)O)C1CCCCC1. The van der Waals surface area contributed by atoms with E-state index in [0.717, 1.165) is 32.1 Å². The number of nitrogens with one attached hydrogen (secondary N) is 1. The van der Waals surface area contributed by atoms with Crippen molar-refractivity contribution in [2.75, 3.05) is 0 Å². The second-order valence-corrected chi connectivity index (χ2v) is 5.39. The Morgan fingerprint density at radius 1 is 1.30 bits per heavy atom. The Balaban J connectivity index is 2.12. The minimum absolute atomic E-state index is 0.00525. The van der Waals surface area contributed by atoms with Gasteiger partial charge in [-0.3, -0.25) is 4.79 Å². The lowest BCUT2D eigenvalue weighted by Gasteiger charge is -2.27. The topological polar surface area (TPSA) is 92.4 Å². The molecule has 1 aromatic heterocycles. The van der Waals surface area contributed by atoms with E-state index < -0.39 is 17.9 Å². The van der Waals surface area contributed by atoms with Gasteiger partial charge < -0.3 is 14.9 Å². The van der Waals surface area contributed by atoms with Crippen molar-refractivity contribution >= 4 is 11.9 Å². The monoisotopic (exact) mass is 280 g/mol. The van der Waals surface area contributed by atoms with E-state index in [1.165, 1.54) is 0 Å². The van der Waals surface area contributed by atoms with Gasteiger partial charge in [0.15, 0.2) is 0 Å². The van der Waals surface area contributed by atoms with E-state index in [-0.39, 0.29) is 5.92 Å². The van der Waals surface area contributed by atoms with Crippen LogP contribution in [0.3, 0.4) is 0 Å². The lowest BCUT2D eigenvalue weighted by atomic mass is 9.84. The third kappa shape index (κ3) is 3.00. The molecule has 0 aromatic carbocycles. The second kappa shape index (κ2) is 6.07. The molecule has 6 nitrogen and oxygen atoms in total. The fourth-order valence-corrected chi connectivity index (χ4v) is 2.87. The lowest BCUT2D eigenvalue weighted by molar-refractivity contribution is -0.141. The van der Waals surface area contributed by atoms with Gasteiger partial charge >= 0.3 is 5.97 Å². The molecule has 1 aliphatic rings. The second-order valence-electron chi connectivity index (χ2n) is 5.39. The Labute approximate surface area is 117 Å². The van der Waals surface area contributed by atoms with Gasteiger partial charge in [0.25, 0.3) is 5.91 Å². The van der Waals surface area contributed by atoms with Crippen LogP contribution >= 0.6 is 0 Å². The molecular formula is C14H20N2O4. The summed E-state index contributed by atoms with van der Waals surface area (Å²) in [7, 11) is 0. The molecule has 0 radical (unpaired) electrons. The molecule has 1 unspecified atom stereocenters. The quantitative estimate of drug-likeness (QED) is 0.880. The van der Waals surface area contributed by atoms with Crippen LogP contribution in [0.15, 0.2) is 4.52 Å². The number of nitrogens with zero attached hydrogens (tertiary/aromatic N) is 1. The standard InChI is InChI=1S/C14H20N2O4/c1-8-11(9(2)20-16-8)13(17)15-12(14(18)19)10-6-4-3-5-7-10/h10,12H,3-7H2,1-2H3,(H,15,17)(H,18,19). The van der Waals surface area contributed by atoms with Gasteiger partial charge in [-0.1, -0.05) is 24.4 Å². The number of aromatic nitrogens is 1. The van der Waals surface area contributed by atoms with Gasteiger partial charge in [0.05, 0.1) is 5.69 Å². The van der Waals surface area contributed by atoms with Gasteiger partial charge in [-0.05, 0) is 32.6 Å². The van der Waals surface area contributed by atoms with E-state index in [0.29, 0.717) is 17.0 Å². The van der Waals surface area contributed by atoms with Gasteiger partial charge in [0.1, 0.15) is 17.4 Å². The fraction of sp³-hybridized carbons (Fsp3) is 0.643. The molecule has 1 atom stereocenters. The van der Waals surface area contributed by atoms with Crippen molar-refractivity contribution in [2.24, 2.45) is 5.92 Å². The first kappa shape index (κ1) is 14.6. The lowest BCUT2D eigenvalue weighted by Crippen LogP contribution is -2.46. The van der Waals surface area contributed by atoms with E-state index in [2.05, 4.69) is 10.5 Å². The molecule has 2 N–H and O–H groups in total. The number of carboxylic acid groups (broad SMARTS) is 1. The summed E-state index contributed by atoms with van der Waals surface area (Å²) < 4.78 is 4.95. The van der Waals surface area contributed by atoms with Crippen molar-refractivity contribution in [1.82, 2.24) is 10.5 Å². The van der Waals surface area contributed by atoms with Crippen LogP contribution in [0.5, 0.6) is 0 Å². The highest BCUT2D eigenvalue weighted by atomic mass is 16.5. The fourth-order valence-electron chi connectivity index (χ4n) is 2.87. The highest BCUT2D eigenvalue weighted by molar-refractivity contribution is 5.98. The third-order valence-electron chi connectivity index (χ3n) is 3.93. The minimum atomic E-state index is -0.975. The van der Waals surface area contributed by atoms with E-state index >= 15 is 0 Å². The Morgan fingerprint density at radius 3 is 2.45 bits per heavy atom.